The second-order valence-electron chi connectivity index (χ2n) is 2.93. The van der Waals surface area contributed by atoms with E-state index in [1.54, 1.807) is 6.07 Å². The van der Waals surface area contributed by atoms with Gasteiger partial charge in [-0.1, -0.05) is 0 Å². The second-order valence-corrected chi connectivity index (χ2v) is 2.93. The van der Waals surface area contributed by atoms with Crippen molar-refractivity contribution in [3.05, 3.63) is 34.4 Å². The number of phenolic OH excluding ortho intramolecular Hbond substituents is 1. The minimum absolute atomic E-state index is 0.0820. The number of nitrogens with one attached hydrogen (secondary N) is 1. The molecular formula is C9H9N3O2. The Balaban J connectivity index is 2.87. The first-order valence-electron chi connectivity index (χ1n) is 4.12. The van der Waals surface area contributed by atoms with Crippen LogP contribution in [0.1, 0.15) is 5.69 Å². The first-order valence-corrected chi connectivity index (χ1v) is 4.12. The lowest BCUT2D eigenvalue weighted by molar-refractivity contribution is 0.476. The number of nitrogens with two attached hydrogens (primary N) is 1. The summed E-state index contributed by atoms with van der Waals surface area (Å²) in [5.74, 6) is 0.0820. The maximum atomic E-state index is 11.1. The molecule has 5 nitrogen and oxygen atoms in total. The highest BCUT2D eigenvalue weighted by Gasteiger charge is 2.03. The van der Waals surface area contributed by atoms with Crippen molar-refractivity contribution in [3.63, 3.8) is 0 Å². The quantitative estimate of drug-likeness (QED) is 0.595. The van der Waals surface area contributed by atoms with Gasteiger partial charge in [0.05, 0.1) is 5.52 Å². The summed E-state index contributed by atoms with van der Waals surface area (Å²) in [4.78, 5) is 17.3. The van der Waals surface area contributed by atoms with Crippen LogP contribution in [0.15, 0.2) is 23.0 Å². The average Bonchev–Trinajstić information content (AvgIpc) is 2.15. The SMILES string of the molecule is NCc1[nH]c(=O)nc2cc(O)ccc12. The Morgan fingerprint density at radius 1 is 1.50 bits per heavy atom. The second kappa shape index (κ2) is 3.12. The van der Waals surface area contributed by atoms with E-state index in [9.17, 15) is 9.90 Å². The Hall–Kier alpha value is -1.88. The van der Waals surface area contributed by atoms with Crippen LogP contribution in [0.3, 0.4) is 0 Å². The van der Waals surface area contributed by atoms with Crippen molar-refractivity contribution in [2.45, 2.75) is 6.54 Å². The van der Waals surface area contributed by atoms with E-state index in [-0.39, 0.29) is 12.3 Å². The highest BCUT2D eigenvalue weighted by Crippen LogP contribution is 2.18. The summed E-state index contributed by atoms with van der Waals surface area (Å²) in [6, 6.07) is 4.64. The van der Waals surface area contributed by atoms with Gasteiger partial charge in [0, 0.05) is 23.7 Å². The summed E-state index contributed by atoms with van der Waals surface area (Å²) in [5.41, 5.74) is 6.09. The van der Waals surface area contributed by atoms with E-state index in [0.717, 1.165) is 5.39 Å². The Morgan fingerprint density at radius 2 is 2.29 bits per heavy atom. The van der Waals surface area contributed by atoms with Crippen molar-refractivity contribution in [1.82, 2.24) is 9.97 Å². The lowest BCUT2D eigenvalue weighted by atomic mass is 10.2. The van der Waals surface area contributed by atoms with Crippen LogP contribution < -0.4 is 11.4 Å². The van der Waals surface area contributed by atoms with Crippen molar-refractivity contribution >= 4 is 10.9 Å². The molecule has 4 N–H and O–H groups in total. The molecule has 0 aliphatic rings. The maximum absolute atomic E-state index is 11.1. The summed E-state index contributed by atoms with van der Waals surface area (Å²) in [7, 11) is 0. The average molecular weight is 191 g/mol. The number of H-pyrrole nitrogens is 1. The lowest BCUT2D eigenvalue weighted by Gasteiger charge is -2.02. The van der Waals surface area contributed by atoms with E-state index < -0.39 is 5.69 Å². The van der Waals surface area contributed by atoms with Gasteiger partial charge in [0.2, 0.25) is 0 Å². The van der Waals surface area contributed by atoms with Gasteiger partial charge in [-0.2, -0.15) is 4.98 Å². The summed E-state index contributed by atoms with van der Waals surface area (Å²) in [5, 5.41) is 9.96. The number of hydrogen-bond acceptors (Lipinski definition) is 4. The van der Waals surface area contributed by atoms with Gasteiger partial charge >= 0.3 is 5.69 Å². The predicted octanol–water partition coefficient (Wildman–Crippen LogP) is 0.0874. The lowest BCUT2D eigenvalue weighted by Crippen LogP contribution is -2.15. The van der Waals surface area contributed by atoms with Crippen LogP contribution in [-0.2, 0) is 6.54 Å². The molecule has 0 unspecified atom stereocenters. The first kappa shape index (κ1) is 8.71. The molecule has 14 heavy (non-hydrogen) atoms. The molecule has 0 saturated carbocycles. The van der Waals surface area contributed by atoms with E-state index >= 15 is 0 Å². The predicted molar refractivity (Wildman–Crippen MR) is 51.9 cm³/mol. The van der Waals surface area contributed by atoms with Crippen LogP contribution in [0.25, 0.3) is 10.9 Å². The molecule has 0 radical (unpaired) electrons. The number of fused-ring (bicyclic) bond motifs is 1. The fraction of sp³-hybridized carbons (Fsp3) is 0.111. The third-order valence-electron chi connectivity index (χ3n) is 1.99. The van der Waals surface area contributed by atoms with Crippen molar-refractivity contribution in [1.29, 1.82) is 0 Å². The molecule has 0 atom stereocenters. The van der Waals surface area contributed by atoms with E-state index in [4.69, 9.17) is 5.73 Å². The molecule has 0 spiro atoms. The van der Waals surface area contributed by atoms with Crippen LogP contribution in [0, 0.1) is 0 Å². The van der Waals surface area contributed by atoms with Crippen molar-refractivity contribution < 1.29 is 5.11 Å². The number of rotatable bonds is 1. The zero-order chi connectivity index (χ0) is 10.1. The largest absolute Gasteiger partial charge is 0.508 e. The number of aromatic amines is 1. The molecule has 5 heteroatoms. The minimum Gasteiger partial charge on any atom is -0.508 e. The maximum Gasteiger partial charge on any atom is 0.345 e. The van der Waals surface area contributed by atoms with Crippen molar-refractivity contribution in [3.8, 4) is 5.75 Å². The minimum atomic E-state index is -0.455. The highest BCUT2D eigenvalue weighted by molar-refractivity contribution is 5.81. The van der Waals surface area contributed by atoms with Gasteiger partial charge < -0.3 is 15.8 Å². The van der Waals surface area contributed by atoms with Crippen LogP contribution in [0.5, 0.6) is 5.75 Å². The number of benzene rings is 1. The standard InChI is InChI=1S/C9H9N3O2/c10-4-8-6-2-1-5(13)3-7(6)11-9(14)12-8/h1-3,13H,4,10H2,(H,11,12,14). The molecule has 0 amide bonds. The Kier molecular flexibility index (Phi) is 1.94. The van der Waals surface area contributed by atoms with Crippen LogP contribution in [0.2, 0.25) is 0 Å². The van der Waals surface area contributed by atoms with E-state index in [1.165, 1.54) is 12.1 Å². The fourth-order valence-electron chi connectivity index (χ4n) is 1.36. The van der Waals surface area contributed by atoms with Crippen LogP contribution in [0.4, 0.5) is 0 Å². The van der Waals surface area contributed by atoms with E-state index in [1.807, 2.05) is 0 Å². The highest BCUT2D eigenvalue weighted by atomic mass is 16.3. The van der Waals surface area contributed by atoms with Gasteiger partial charge in [-0.25, -0.2) is 4.79 Å². The molecule has 1 aromatic carbocycles. The molecular weight excluding hydrogens is 182 g/mol. The van der Waals surface area contributed by atoms with E-state index in [0.29, 0.717) is 11.2 Å². The van der Waals surface area contributed by atoms with Gasteiger partial charge in [-0.05, 0) is 12.1 Å². The third kappa shape index (κ3) is 1.33. The number of hydrogen-bond donors (Lipinski definition) is 3. The summed E-state index contributed by atoms with van der Waals surface area (Å²) in [6.45, 7) is 0.235. The van der Waals surface area contributed by atoms with Crippen molar-refractivity contribution in [2.75, 3.05) is 0 Å². The first-order chi connectivity index (χ1) is 6.70. The molecule has 0 saturated heterocycles. The third-order valence-corrected chi connectivity index (χ3v) is 1.99. The van der Waals surface area contributed by atoms with E-state index in [2.05, 4.69) is 9.97 Å². The monoisotopic (exact) mass is 191 g/mol. The number of aromatic nitrogens is 2. The summed E-state index contributed by atoms with van der Waals surface area (Å²) < 4.78 is 0. The van der Waals surface area contributed by atoms with Gasteiger partial charge in [0.1, 0.15) is 5.75 Å². The topological polar surface area (TPSA) is 92.0 Å². The Morgan fingerprint density at radius 3 is 3.00 bits per heavy atom. The molecule has 2 rings (SSSR count). The summed E-state index contributed by atoms with van der Waals surface area (Å²) >= 11 is 0. The Labute approximate surface area is 79.2 Å². The zero-order valence-corrected chi connectivity index (χ0v) is 7.32. The van der Waals surface area contributed by atoms with Gasteiger partial charge in [-0.15, -0.1) is 0 Å². The number of nitrogens with zero attached hydrogens (tertiary/aromatic N) is 1. The van der Waals surface area contributed by atoms with Gasteiger partial charge in [0.25, 0.3) is 0 Å². The molecule has 1 heterocycles. The van der Waals surface area contributed by atoms with Crippen LogP contribution in [-0.4, -0.2) is 15.1 Å². The fourth-order valence-corrected chi connectivity index (χ4v) is 1.36. The molecule has 72 valence electrons. The molecule has 1 aromatic heterocycles. The zero-order valence-electron chi connectivity index (χ0n) is 7.32. The smallest absolute Gasteiger partial charge is 0.345 e. The summed E-state index contributed by atoms with van der Waals surface area (Å²) in [6.07, 6.45) is 0. The number of phenols is 1. The van der Waals surface area contributed by atoms with Gasteiger partial charge in [-0.3, -0.25) is 0 Å². The Bertz CT molecular complexity index is 533. The van der Waals surface area contributed by atoms with Crippen molar-refractivity contribution in [2.24, 2.45) is 5.73 Å². The molecule has 0 fully saturated rings. The molecule has 0 aliphatic carbocycles. The van der Waals surface area contributed by atoms with Crippen LogP contribution >= 0.6 is 0 Å². The molecule has 0 aliphatic heterocycles. The van der Waals surface area contributed by atoms with Gasteiger partial charge in [0.15, 0.2) is 0 Å². The molecule has 2 aromatic rings. The molecule has 0 bridgehead atoms. The number of aromatic hydroxyl groups is 1. The normalized spacial score (nSPS) is 10.6.